The third-order valence-corrected chi connectivity index (χ3v) is 4.13. The molecule has 0 aliphatic carbocycles. The van der Waals surface area contributed by atoms with E-state index in [2.05, 4.69) is 22.0 Å². The lowest BCUT2D eigenvalue weighted by atomic mass is 10.1. The number of hydrogen-bond acceptors (Lipinski definition) is 4. The first-order valence-corrected chi connectivity index (χ1v) is 8.73. The number of carbonyl (C=O) groups excluding carboxylic acids is 2. The topological polar surface area (TPSA) is 83.4 Å². The van der Waals surface area contributed by atoms with E-state index in [-0.39, 0.29) is 18.3 Å². The molecule has 0 saturated carbocycles. The van der Waals surface area contributed by atoms with E-state index in [0.29, 0.717) is 18.0 Å². The van der Waals surface area contributed by atoms with Crippen molar-refractivity contribution in [3.8, 4) is 16.9 Å². The average Bonchev–Trinajstić information content (AvgIpc) is 2.71. The predicted molar refractivity (Wildman–Crippen MR) is 108 cm³/mol. The van der Waals surface area contributed by atoms with E-state index in [0.717, 1.165) is 11.1 Å². The molecule has 1 aliphatic rings. The van der Waals surface area contributed by atoms with Crippen molar-refractivity contribution in [2.45, 2.75) is 13.3 Å². The van der Waals surface area contributed by atoms with Crippen LogP contribution in [0.3, 0.4) is 0 Å². The van der Waals surface area contributed by atoms with Gasteiger partial charge in [0.05, 0.1) is 6.20 Å². The number of allylic oxidation sites excluding steroid dienone is 1. The van der Waals surface area contributed by atoms with Gasteiger partial charge in [-0.05, 0) is 36.9 Å². The van der Waals surface area contributed by atoms with Gasteiger partial charge in [0.15, 0.2) is 0 Å². The van der Waals surface area contributed by atoms with Crippen LogP contribution in [-0.4, -0.2) is 36.1 Å². The lowest BCUT2D eigenvalue weighted by Crippen LogP contribution is -2.48. The summed E-state index contributed by atoms with van der Waals surface area (Å²) in [5.41, 5.74) is 2.63. The first-order valence-electron chi connectivity index (χ1n) is 8.73. The van der Waals surface area contributed by atoms with Crippen molar-refractivity contribution in [3.63, 3.8) is 0 Å². The summed E-state index contributed by atoms with van der Waals surface area (Å²) < 4.78 is 5.71. The summed E-state index contributed by atoms with van der Waals surface area (Å²) in [4.78, 5) is 32.5. The molecule has 28 heavy (non-hydrogen) atoms. The third kappa shape index (κ3) is 4.70. The van der Waals surface area contributed by atoms with Crippen LogP contribution in [0.5, 0.6) is 5.75 Å². The van der Waals surface area contributed by atoms with Crippen molar-refractivity contribution in [2.75, 3.05) is 6.54 Å². The van der Waals surface area contributed by atoms with Gasteiger partial charge < -0.3 is 4.74 Å². The van der Waals surface area contributed by atoms with Gasteiger partial charge in [-0.1, -0.05) is 42.5 Å². The van der Waals surface area contributed by atoms with Gasteiger partial charge in [0, 0.05) is 18.7 Å². The molecule has 1 saturated heterocycles. The Morgan fingerprint density at radius 2 is 1.89 bits per heavy atom. The molecule has 1 N–H and O–H groups in total. The highest BCUT2D eigenvalue weighted by Crippen LogP contribution is 2.23. The Morgan fingerprint density at radius 3 is 2.61 bits per heavy atom. The zero-order valence-electron chi connectivity index (χ0n) is 15.5. The Labute approximate surface area is 163 Å². The molecule has 1 aliphatic heterocycles. The molecule has 0 unspecified atom stereocenters. The minimum absolute atomic E-state index is 0.0538. The Balaban J connectivity index is 1.74. The number of urea groups is 1. The van der Waals surface area contributed by atoms with Crippen molar-refractivity contribution >= 4 is 24.7 Å². The highest BCUT2D eigenvalue weighted by atomic mass is 16.5. The number of ether oxygens (including phenoxy) is 1. The van der Waals surface area contributed by atoms with Crippen LogP contribution in [0, 0.1) is 0 Å². The molecule has 3 rings (SSSR count). The van der Waals surface area contributed by atoms with Crippen molar-refractivity contribution in [3.05, 3.63) is 66.5 Å². The molecule has 2 aromatic carbocycles. The monoisotopic (exact) mass is 376 g/mol. The number of imide groups is 1. The first-order chi connectivity index (χ1) is 13.6. The molecule has 0 spiro atoms. The zero-order chi connectivity index (χ0) is 19.9. The fraction of sp³-hybridized carbons (Fsp3) is 0.143. The van der Waals surface area contributed by atoms with Crippen LogP contribution >= 0.6 is 0 Å². The molecule has 0 radical (unpaired) electrons. The van der Waals surface area contributed by atoms with Gasteiger partial charge in [0.25, 0.3) is 0 Å². The number of hydrogen-bond donors (Lipinski definition) is 1. The Hall–Kier alpha value is -3.74. The molecule has 1 heterocycles. The van der Waals surface area contributed by atoms with E-state index in [4.69, 9.17) is 4.74 Å². The molecule has 1 fully saturated rings. The Kier molecular flexibility index (Phi) is 5.96. The number of aliphatic imine (C=N–C) groups is 2. The van der Waals surface area contributed by atoms with Gasteiger partial charge in [0.1, 0.15) is 5.75 Å². The van der Waals surface area contributed by atoms with E-state index in [1.165, 1.54) is 11.1 Å². The molecule has 3 amide bonds. The van der Waals surface area contributed by atoms with Gasteiger partial charge in [-0.25, -0.2) is 14.8 Å². The third-order valence-electron chi connectivity index (χ3n) is 4.13. The minimum atomic E-state index is -0.468. The van der Waals surface area contributed by atoms with E-state index in [1.807, 2.05) is 48.5 Å². The standard InChI is InChI=1S/C21H20N4O3/c1-15(25-12-11-19(26)24-21(25)27)14-23-20(22-2)28-18-10-6-9-17(13-18)16-7-4-3-5-8-16/h3-10,13-14H,2,11-12H2,1H3,(H,24,26,27)/b15-14+,23-20+. The van der Waals surface area contributed by atoms with Crippen LogP contribution in [0.2, 0.25) is 0 Å². The lowest BCUT2D eigenvalue weighted by Gasteiger charge is -2.26. The smallest absolute Gasteiger partial charge is 0.328 e. The summed E-state index contributed by atoms with van der Waals surface area (Å²) in [5, 5.41) is 2.27. The number of amidine groups is 1. The molecule has 0 bridgehead atoms. The summed E-state index contributed by atoms with van der Waals surface area (Å²) in [6.45, 7) is 5.50. The number of rotatable bonds is 4. The Morgan fingerprint density at radius 1 is 1.14 bits per heavy atom. The van der Waals surface area contributed by atoms with Crippen molar-refractivity contribution < 1.29 is 14.3 Å². The molecule has 142 valence electrons. The van der Waals surface area contributed by atoms with Crippen LogP contribution in [0.25, 0.3) is 11.1 Å². The van der Waals surface area contributed by atoms with Crippen molar-refractivity contribution in [2.24, 2.45) is 9.98 Å². The van der Waals surface area contributed by atoms with Gasteiger partial charge in [-0.3, -0.25) is 15.0 Å². The fourth-order valence-corrected chi connectivity index (χ4v) is 2.69. The van der Waals surface area contributed by atoms with Crippen LogP contribution in [0.1, 0.15) is 13.3 Å². The highest BCUT2D eigenvalue weighted by Gasteiger charge is 2.23. The number of nitrogens with zero attached hydrogens (tertiary/aromatic N) is 3. The summed E-state index contributed by atoms with van der Waals surface area (Å²) in [6.07, 6.45) is 1.70. The fourth-order valence-electron chi connectivity index (χ4n) is 2.69. The second-order valence-corrected chi connectivity index (χ2v) is 6.09. The predicted octanol–water partition coefficient (Wildman–Crippen LogP) is 3.59. The molecule has 0 atom stereocenters. The second kappa shape index (κ2) is 8.77. The van der Waals surface area contributed by atoms with Crippen LogP contribution < -0.4 is 10.1 Å². The average molecular weight is 376 g/mol. The second-order valence-electron chi connectivity index (χ2n) is 6.09. The van der Waals surface area contributed by atoms with Crippen LogP contribution in [0.15, 0.2) is 76.5 Å². The first kappa shape index (κ1) is 19.0. The summed E-state index contributed by atoms with van der Waals surface area (Å²) in [5.74, 6) is 0.285. The summed E-state index contributed by atoms with van der Waals surface area (Å²) in [7, 11) is 0. The van der Waals surface area contributed by atoms with Crippen molar-refractivity contribution in [1.82, 2.24) is 10.2 Å². The summed E-state index contributed by atoms with van der Waals surface area (Å²) >= 11 is 0. The molecular formula is C21H20N4O3. The molecular weight excluding hydrogens is 356 g/mol. The maximum Gasteiger partial charge on any atom is 0.328 e. The zero-order valence-corrected chi connectivity index (χ0v) is 15.5. The van der Waals surface area contributed by atoms with Gasteiger partial charge >= 0.3 is 12.1 Å². The number of benzene rings is 2. The van der Waals surface area contributed by atoms with Gasteiger partial charge in [0.2, 0.25) is 5.91 Å². The minimum Gasteiger partial charge on any atom is -0.424 e. The molecule has 0 aromatic heterocycles. The van der Waals surface area contributed by atoms with E-state index >= 15 is 0 Å². The van der Waals surface area contributed by atoms with Crippen molar-refractivity contribution in [1.29, 1.82) is 0 Å². The van der Waals surface area contributed by atoms with E-state index in [1.54, 1.807) is 13.0 Å². The van der Waals surface area contributed by atoms with Crippen LogP contribution in [0.4, 0.5) is 4.79 Å². The quantitative estimate of drug-likeness (QED) is 0.654. The van der Waals surface area contributed by atoms with Gasteiger partial charge in [-0.15, -0.1) is 0 Å². The van der Waals surface area contributed by atoms with Gasteiger partial charge in [-0.2, -0.15) is 0 Å². The maximum absolute atomic E-state index is 11.9. The summed E-state index contributed by atoms with van der Waals surface area (Å²) in [6, 6.07) is 17.1. The van der Waals surface area contributed by atoms with E-state index < -0.39 is 6.03 Å². The largest absolute Gasteiger partial charge is 0.424 e. The number of nitrogens with one attached hydrogen (secondary N) is 1. The normalized spacial score (nSPS) is 15.2. The number of amides is 3. The SMILES string of the molecule is C=N/C(=N\C=C(/C)N1CCC(=O)NC1=O)Oc1cccc(-c2ccccc2)c1. The lowest BCUT2D eigenvalue weighted by molar-refractivity contribution is -0.121. The molecule has 2 aromatic rings. The molecule has 7 heteroatoms. The number of carbonyl (C=O) groups is 2. The highest BCUT2D eigenvalue weighted by molar-refractivity contribution is 5.97. The molecule has 7 nitrogen and oxygen atoms in total. The van der Waals surface area contributed by atoms with E-state index in [9.17, 15) is 9.59 Å². The Bertz CT molecular complexity index is 951. The maximum atomic E-state index is 11.9. The van der Waals surface area contributed by atoms with Crippen LogP contribution in [-0.2, 0) is 4.79 Å².